The summed E-state index contributed by atoms with van der Waals surface area (Å²) in [4.78, 5) is 32.7. The quantitative estimate of drug-likeness (QED) is 0.732. The molecule has 0 aromatic carbocycles. The van der Waals surface area contributed by atoms with Crippen LogP contribution in [0.25, 0.3) is 5.69 Å². The summed E-state index contributed by atoms with van der Waals surface area (Å²) in [5.74, 6) is -0.600. The lowest BCUT2D eigenvalue weighted by Crippen LogP contribution is -2.26. The number of hydrogen-bond acceptors (Lipinski definition) is 5. The molecule has 1 fully saturated rings. The van der Waals surface area contributed by atoms with Crippen LogP contribution >= 0.6 is 0 Å². The van der Waals surface area contributed by atoms with Gasteiger partial charge in [0, 0.05) is 30.2 Å². The molecule has 1 aliphatic carbocycles. The summed E-state index contributed by atoms with van der Waals surface area (Å²) in [6.07, 6.45) is 10.1. The third-order valence-electron chi connectivity index (χ3n) is 3.92. The molecule has 0 radical (unpaired) electrons. The maximum absolute atomic E-state index is 12.5. The zero-order valence-corrected chi connectivity index (χ0v) is 13.8. The minimum Gasteiger partial charge on any atom is -0.348 e. The van der Waals surface area contributed by atoms with Crippen molar-refractivity contribution >= 4 is 17.5 Å². The molecule has 8 nitrogen and oxygen atoms in total. The van der Waals surface area contributed by atoms with Crippen molar-refractivity contribution in [2.75, 3.05) is 5.32 Å². The van der Waals surface area contributed by atoms with Crippen LogP contribution in [0.3, 0.4) is 0 Å². The summed E-state index contributed by atoms with van der Waals surface area (Å²) in [5.41, 5.74) is 1.84. The fraction of sp³-hybridized carbons (Fsp3) is 0.167. The Morgan fingerprint density at radius 1 is 1.12 bits per heavy atom. The number of aromatic nitrogens is 4. The van der Waals surface area contributed by atoms with E-state index in [1.807, 2.05) is 0 Å². The summed E-state index contributed by atoms with van der Waals surface area (Å²) < 4.78 is 1.65. The Hall–Kier alpha value is -3.55. The molecule has 0 spiro atoms. The van der Waals surface area contributed by atoms with Crippen LogP contribution in [0.2, 0.25) is 0 Å². The van der Waals surface area contributed by atoms with Gasteiger partial charge in [-0.25, -0.2) is 4.68 Å². The molecule has 1 saturated carbocycles. The molecular formula is C18H16N6O2. The maximum Gasteiger partial charge on any atom is 0.270 e. The van der Waals surface area contributed by atoms with Crippen LogP contribution in [-0.2, 0) is 0 Å². The van der Waals surface area contributed by atoms with E-state index in [-0.39, 0.29) is 23.6 Å². The predicted molar refractivity (Wildman–Crippen MR) is 94.0 cm³/mol. The van der Waals surface area contributed by atoms with E-state index in [1.54, 1.807) is 47.7 Å². The van der Waals surface area contributed by atoms with Crippen LogP contribution < -0.4 is 10.6 Å². The van der Waals surface area contributed by atoms with E-state index in [0.29, 0.717) is 11.3 Å². The van der Waals surface area contributed by atoms with E-state index in [9.17, 15) is 9.59 Å². The number of hydrogen-bond donors (Lipinski definition) is 2. The topological polar surface area (TPSA) is 102 Å². The number of pyridine rings is 2. The van der Waals surface area contributed by atoms with Crippen molar-refractivity contribution in [1.82, 2.24) is 25.1 Å². The van der Waals surface area contributed by atoms with Gasteiger partial charge in [0.25, 0.3) is 11.8 Å². The first-order valence-electron chi connectivity index (χ1n) is 8.22. The molecule has 3 aromatic rings. The number of carbonyl (C=O) groups excluding carboxylic acids is 2. The van der Waals surface area contributed by atoms with Gasteiger partial charge in [-0.15, -0.1) is 0 Å². The van der Waals surface area contributed by atoms with E-state index in [4.69, 9.17) is 0 Å². The number of carbonyl (C=O) groups is 2. The lowest BCUT2D eigenvalue weighted by Gasteiger charge is -2.08. The maximum atomic E-state index is 12.5. The zero-order chi connectivity index (χ0) is 17.9. The van der Waals surface area contributed by atoms with Gasteiger partial charge in [-0.3, -0.25) is 19.6 Å². The zero-order valence-electron chi connectivity index (χ0n) is 13.8. The Kier molecular flexibility index (Phi) is 4.14. The number of anilines is 1. The van der Waals surface area contributed by atoms with Crippen molar-refractivity contribution in [2.24, 2.45) is 0 Å². The van der Waals surface area contributed by atoms with Crippen molar-refractivity contribution in [3.63, 3.8) is 0 Å². The second-order valence-corrected chi connectivity index (χ2v) is 6.01. The molecule has 2 amide bonds. The summed E-state index contributed by atoms with van der Waals surface area (Å²) >= 11 is 0. The van der Waals surface area contributed by atoms with Gasteiger partial charge in [-0.2, -0.15) is 5.10 Å². The van der Waals surface area contributed by atoms with E-state index < -0.39 is 0 Å². The number of amides is 2. The van der Waals surface area contributed by atoms with Crippen LogP contribution in [0, 0.1) is 0 Å². The molecule has 0 saturated heterocycles. The molecule has 0 bridgehead atoms. The number of nitrogens with zero attached hydrogens (tertiary/aromatic N) is 4. The first kappa shape index (κ1) is 15.9. The van der Waals surface area contributed by atoms with Gasteiger partial charge in [0.15, 0.2) is 0 Å². The van der Waals surface area contributed by atoms with Gasteiger partial charge in [-0.1, -0.05) is 0 Å². The Morgan fingerprint density at radius 2 is 2.00 bits per heavy atom. The Balaban J connectivity index is 1.49. The van der Waals surface area contributed by atoms with Crippen LogP contribution in [0.15, 0.2) is 55.2 Å². The van der Waals surface area contributed by atoms with E-state index in [1.165, 1.54) is 12.3 Å². The molecule has 1 aliphatic rings. The lowest BCUT2D eigenvalue weighted by atomic mass is 10.2. The second kappa shape index (κ2) is 6.75. The van der Waals surface area contributed by atoms with Gasteiger partial charge in [0.2, 0.25) is 0 Å². The van der Waals surface area contributed by atoms with E-state index in [2.05, 4.69) is 25.7 Å². The molecule has 26 heavy (non-hydrogen) atoms. The SMILES string of the molecule is O=C(Nc1cncc(-n2cccn2)c1)c1ccnc(C(=O)NC2CC2)c1. The normalized spacial score (nSPS) is 13.2. The molecule has 0 atom stereocenters. The molecule has 8 heteroatoms. The highest BCUT2D eigenvalue weighted by Crippen LogP contribution is 2.19. The monoisotopic (exact) mass is 348 g/mol. The fourth-order valence-electron chi connectivity index (χ4n) is 2.43. The number of rotatable bonds is 5. The largest absolute Gasteiger partial charge is 0.348 e. The average molecular weight is 348 g/mol. The van der Waals surface area contributed by atoms with Gasteiger partial charge < -0.3 is 10.6 Å². The third-order valence-corrected chi connectivity index (χ3v) is 3.92. The fourth-order valence-corrected chi connectivity index (χ4v) is 2.43. The highest BCUT2D eigenvalue weighted by molar-refractivity contribution is 6.05. The molecule has 0 unspecified atom stereocenters. The third kappa shape index (κ3) is 3.59. The van der Waals surface area contributed by atoms with Crippen molar-refractivity contribution in [3.8, 4) is 5.69 Å². The average Bonchev–Trinajstić information content (AvgIpc) is 3.30. The standard InChI is InChI=1S/C18H16N6O2/c25-17(12-4-6-20-16(8-12)18(26)22-13-2-3-13)23-14-9-15(11-19-10-14)24-7-1-5-21-24/h1,4-11,13H,2-3H2,(H,22,26)(H,23,25). The molecular weight excluding hydrogens is 332 g/mol. The van der Waals surface area contributed by atoms with Crippen molar-refractivity contribution in [1.29, 1.82) is 0 Å². The van der Waals surface area contributed by atoms with Crippen molar-refractivity contribution in [2.45, 2.75) is 18.9 Å². The second-order valence-electron chi connectivity index (χ2n) is 6.01. The van der Waals surface area contributed by atoms with Gasteiger partial charge >= 0.3 is 0 Å². The Bertz CT molecular complexity index is 950. The van der Waals surface area contributed by atoms with Crippen LogP contribution in [-0.4, -0.2) is 37.6 Å². The molecule has 4 rings (SSSR count). The highest BCUT2D eigenvalue weighted by atomic mass is 16.2. The smallest absolute Gasteiger partial charge is 0.270 e. The predicted octanol–water partition coefficient (Wildman–Crippen LogP) is 1.81. The molecule has 3 aromatic heterocycles. The molecule has 3 heterocycles. The van der Waals surface area contributed by atoms with Crippen LogP contribution in [0.1, 0.15) is 33.7 Å². The number of nitrogens with one attached hydrogen (secondary N) is 2. The van der Waals surface area contributed by atoms with Gasteiger partial charge in [-0.05, 0) is 37.1 Å². The summed E-state index contributed by atoms with van der Waals surface area (Å²) in [6, 6.07) is 6.85. The van der Waals surface area contributed by atoms with Crippen LogP contribution in [0.5, 0.6) is 0 Å². The van der Waals surface area contributed by atoms with E-state index >= 15 is 0 Å². The molecule has 0 aliphatic heterocycles. The van der Waals surface area contributed by atoms with Gasteiger partial charge in [0.1, 0.15) is 5.69 Å². The molecule has 2 N–H and O–H groups in total. The minimum atomic E-state index is -0.340. The summed E-state index contributed by atoms with van der Waals surface area (Å²) in [5, 5.41) is 9.77. The summed E-state index contributed by atoms with van der Waals surface area (Å²) in [7, 11) is 0. The Labute approximate surface area is 149 Å². The first-order chi connectivity index (χ1) is 12.7. The van der Waals surface area contributed by atoms with Crippen molar-refractivity contribution in [3.05, 3.63) is 66.5 Å². The minimum absolute atomic E-state index is 0.230. The van der Waals surface area contributed by atoms with Crippen molar-refractivity contribution < 1.29 is 9.59 Å². The van der Waals surface area contributed by atoms with E-state index in [0.717, 1.165) is 18.5 Å². The lowest BCUT2D eigenvalue weighted by molar-refractivity contribution is 0.0946. The van der Waals surface area contributed by atoms with Gasteiger partial charge in [0.05, 0.1) is 23.8 Å². The molecule has 130 valence electrons. The Morgan fingerprint density at radius 3 is 2.77 bits per heavy atom. The van der Waals surface area contributed by atoms with Crippen LogP contribution in [0.4, 0.5) is 5.69 Å². The first-order valence-corrected chi connectivity index (χ1v) is 8.22. The highest BCUT2D eigenvalue weighted by Gasteiger charge is 2.24. The summed E-state index contributed by atoms with van der Waals surface area (Å²) in [6.45, 7) is 0.